The van der Waals surface area contributed by atoms with Crippen molar-refractivity contribution in [2.24, 2.45) is 0 Å². The Morgan fingerprint density at radius 3 is 2.21 bits per heavy atom. The molecule has 0 radical (unpaired) electrons. The number of hydrogen-bond donors (Lipinski definition) is 2. The highest BCUT2D eigenvalue weighted by Gasteiger charge is 2.41. The molecule has 2 N–H and O–H groups in total. The summed E-state index contributed by atoms with van der Waals surface area (Å²) in [6.07, 6.45) is -0.756. The van der Waals surface area contributed by atoms with Crippen molar-refractivity contribution in [2.75, 3.05) is 12.8 Å². The second kappa shape index (κ2) is 4.11. The van der Waals surface area contributed by atoms with E-state index in [1.165, 1.54) is 13.8 Å². The summed E-state index contributed by atoms with van der Waals surface area (Å²) in [5, 5.41) is 18.6. The third-order valence-electron chi connectivity index (χ3n) is 2.36. The number of aliphatic hydroxyl groups is 2. The van der Waals surface area contributed by atoms with Crippen LogP contribution in [-0.4, -0.2) is 46.6 Å². The largest absolute Gasteiger partial charge is 0.386 e. The third-order valence-corrected chi connectivity index (χ3v) is 5.70. The second-order valence-electron chi connectivity index (χ2n) is 3.56. The van der Waals surface area contributed by atoms with Crippen LogP contribution in [0.15, 0.2) is 0 Å². The quantitative estimate of drug-likeness (QED) is 0.504. The van der Waals surface area contributed by atoms with Crippen molar-refractivity contribution in [3.8, 4) is 0 Å². The second-order valence-corrected chi connectivity index (χ2v) is 7.08. The Kier molecular flexibility index (Phi) is 3.48. The monoisotopic (exact) mass is 222 g/mol. The molecule has 0 spiro atoms. The molecular formula is C8H15O5P. The summed E-state index contributed by atoms with van der Waals surface area (Å²) < 4.78 is 16.7. The number of ether oxygens (including phenoxy) is 1. The van der Waals surface area contributed by atoms with Crippen LogP contribution in [0, 0.1) is 0 Å². The first-order valence-electron chi connectivity index (χ1n) is 4.47. The van der Waals surface area contributed by atoms with E-state index < -0.39 is 24.9 Å². The minimum Gasteiger partial charge on any atom is -0.386 e. The van der Waals surface area contributed by atoms with E-state index in [0.717, 1.165) is 0 Å². The highest BCUT2D eigenvalue weighted by molar-refractivity contribution is 7.65. The first-order valence-corrected chi connectivity index (χ1v) is 6.50. The lowest BCUT2D eigenvalue weighted by Crippen LogP contribution is -2.22. The summed E-state index contributed by atoms with van der Waals surface area (Å²) in [7, 11) is -3.25. The Labute approximate surface area is 82.4 Å². The van der Waals surface area contributed by atoms with Gasteiger partial charge < -0.3 is 19.5 Å². The molecule has 1 rings (SSSR count). The van der Waals surface area contributed by atoms with Gasteiger partial charge in [0.15, 0.2) is 5.78 Å². The van der Waals surface area contributed by atoms with Gasteiger partial charge in [0.1, 0.15) is 24.9 Å². The zero-order valence-corrected chi connectivity index (χ0v) is 9.11. The van der Waals surface area contributed by atoms with Crippen molar-refractivity contribution < 1.29 is 24.3 Å². The third kappa shape index (κ3) is 2.42. The maximum Gasteiger partial charge on any atom is 0.171 e. The lowest BCUT2D eigenvalue weighted by atomic mass is 10.3. The van der Waals surface area contributed by atoms with Crippen LogP contribution in [0.2, 0.25) is 0 Å². The summed E-state index contributed by atoms with van der Waals surface area (Å²) in [4.78, 5) is 11.3. The van der Waals surface area contributed by atoms with Crippen LogP contribution in [0.3, 0.4) is 0 Å². The topological polar surface area (TPSA) is 87.1 Å². The van der Waals surface area contributed by atoms with Crippen LogP contribution in [0.5, 0.6) is 0 Å². The molecule has 0 saturated carbocycles. The summed E-state index contributed by atoms with van der Waals surface area (Å²) in [5.41, 5.74) is 0. The number of rotatable bonds is 5. The molecule has 6 heteroatoms. The number of hydrogen-bond acceptors (Lipinski definition) is 5. The Hall–Kier alpha value is -0.220. The van der Waals surface area contributed by atoms with E-state index in [-0.39, 0.29) is 11.9 Å². The molecule has 3 atom stereocenters. The van der Waals surface area contributed by atoms with Crippen molar-refractivity contribution in [3.05, 3.63) is 0 Å². The first-order chi connectivity index (χ1) is 6.38. The zero-order valence-electron chi connectivity index (χ0n) is 8.21. The molecule has 1 heterocycles. The number of ketones is 1. The summed E-state index contributed by atoms with van der Waals surface area (Å²) in [6, 6.07) is 0. The van der Waals surface area contributed by atoms with Crippen LogP contribution in [-0.2, 0) is 14.1 Å². The summed E-state index contributed by atoms with van der Waals surface area (Å²) in [6.45, 7) is 3.02. The van der Waals surface area contributed by atoms with Gasteiger partial charge in [0, 0.05) is 0 Å². The number of aliphatic hydroxyl groups excluding tert-OH is 2. The van der Waals surface area contributed by atoms with Gasteiger partial charge in [-0.15, -0.1) is 0 Å². The van der Waals surface area contributed by atoms with Crippen LogP contribution < -0.4 is 0 Å². The molecule has 14 heavy (non-hydrogen) atoms. The van der Waals surface area contributed by atoms with E-state index in [0.29, 0.717) is 6.61 Å². The molecule has 0 aliphatic carbocycles. The van der Waals surface area contributed by atoms with Crippen molar-refractivity contribution in [3.63, 3.8) is 0 Å². The van der Waals surface area contributed by atoms with Crippen LogP contribution in [0.25, 0.3) is 0 Å². The van der Waals surface area contributed by atoms with E-state index in [2.05, 4.69) is 0 Å². The Balaban J connectivity index is 2.68. The van der Waals surface area contributed by atoms with Gasteiger partial charge in [-0.3, -0.25) is 4.79 Å². The van der Waals surface area contributed by atoms with Crippen LogP contribution in [0.1, 0.15) is 13.8 Å². The van der Waals surface area contributed by atoms with Crippen LogP contribution in [0.4, 0.5) is 0 Å². The number of epoxide rings is 1. The van der Waals surface area contributed by atoms with Crippen molar-refractivity contribution in [1.82, 2.24) is 0 Å². The average molecular weight is 222 g/mol. The molecule has 1 aliphatic rings. The minimum absolute atomic E-state index is 0.285. The van der Waals surface area contributed by atoms with Gasteiger partial charge in [0.2, 0.25) is 0 Å². The summed E-state index contributed by atoms with van der Waals surface area (Å²) in [5.74, 6) is -2.62. The molecule has 82 valence electrons. The number of carbonyl (C=O) groups excluding carboxylic acids is 1. The lowest BCUT2D eigenvalue weighted by Gasteiger charge is -2.22. The van der Waals surface area contributed by atoms with E-state index in [1.807, 2.05) is 0 Å². The van der Waals surface area contributed by atoms with Crippen molar-refractivity contribution >= 4 is 12.9 Å². The van der Waals surface area contributed by atoms with Gasteiger partial charge in [-0.05, 0) is 13.8 Å². The van der Waals surface area contributed by atoms with Crippen LogP contribution >= 0.6 is 7.14 Å². The maximum atomic E-state index is 12.0. The summed E-state index contributed by atoms with van der Waals surface area (Å²) >= 11 is 0. The molecule has 0 aromatic rings. The van der Waals surface area contributed by atoms with E-state index in [1.54, 1.807) is 0 Å². The van der Waals surface area contributed by atoms with E-state index >= 15 is 0 Å². The molecule has 0 aromatic carbocycles. The zero-order chi connectivity index (χ0) is 10.9. The fourth-order valence-electron chi connectivity index (χ4n) is 1.16. The Morgan fingerprint density at radius 2 is 1.93 bits per heavy atom. The van der Waals surface area contributed by atoms with Crippen molar-refractivity contribution in [2.45, 2.75) is 31.6 Å². The minimum atomic E-state index is -3.25. The highest BCUT2D eigenvalue weighted by atomic mass is 31.2. The molecule has 0 amide bonds. The molecule has 1 aliphatic heterocycles. The molecule has 0 aromatic heterocycles. The number of carbonyl (C=O) groups is 1. The van der Waals surface area contributed by atoms with Gasteiger partial charge in [-0.1, -0.05) is 0 Å². The number of Topliss-reactive ketones (excluding diaryl/α,β-unsaturated/α-hetero) is 1. The van der Waals surface area contributed by atoms with Gasteiger partial charge >= 0.3 is 0 Å². The average Bonchev–Trinajstić information content (AvgIpc) is 2.85. The maximum absolute atomic E-state index is 12.0. The van der Waals surface area contributed by atoms with Crippen molar-refractivity contribution in [1.29, 1.82) is 0 Å². The van der Waals surface area contributed by atoms with Gasteiger partial charge in [0.25, 0.3) is 0 Å². The molecule has 1 saturated heterocycles. The Bertz CT molecular complexity index is 257. The smallest absolute Gasteiger partial charge is 0.171 e. The Morgan fingerprint density at radius 1 is 1.50 bits per heavy atom. The van der Waals surface area contributed by atoms with Gasteiger partial charge in [-0.25, -0.2) is 0 Å². The molecule has 3 unspecified atom stereocenters. The SMILES string of the molecule is CC(O)P(=O)(CC(=O)C1CO1)C(C)O. The van der Waals surface area contributed by atoms with E-state index in [4.69, 9.17) is 4.74 Å². The molecule has 5 nitrogen and oxygen atoms in total. The lowest BCUT2D eigenvalue weighted by molar-refractivity contribution is -0.117. The standard InChI is InChI=1S/C8H15O5P/c1-5(9)14(12,6(2)10)4-7(11)8-3-13-8/h5-6,8-10H,3-4H2,1-2H3. The predicted molar refractivity (Wildman–Crippen MR) is 50.6 cm³/mol. The molecular weight excluding hydrogens is 207 g/mol. The predicted octanol–water partition coefficient (Wildman–Crippen LogP) is -0.00600. The normalized spacial score (nSPS) is 29.0. The fraction of sp³-hybridized carbons (Fsp3) is 0.875. The fourth-order valence-corrected chi connectivity index (χ4v) is 3.00. The van der Waals surface area contributed by atoms with Gasteiger partial charge in [0.05, 0.1) is 12.8 Å². The first kappa shape index (κ1) is 11.9. The highest BCUT2D eigenvalue weighted by Crippen LogP contribution is 2.53. The molecule has 1 fully saturated rings. The molecule has 0 bridgehead atoms. The van der Waals surface area contributed by atoms with E-state index in [9.17, 15) is 19.6 Å². The van der Waals surface area contributed by atoms with Gasteiger partial charge in [-0.2, -0.15) is 0 Å².